The third-order valence-corrected chi connectivity index (χ3v) is 7.25. The van der Waals surface area contributed by atoms with Crippen molar-refractivity contribution in [1.82, 2.24) is 9.55 Å². The minimum Gasteiger partial charge on any atom is -0.478 e. The molecule has 1 N–H and O–H groups in total. The summed E-state index contributed by atoms with van der Waals surface area (Å²) in [6, 6.07) is 14.9. The standard InChI is InChI=1S/C33H25F5N2O2/c1-32(24-3-2-4-25(17-24)33(36,37)38)15-13-21(14-16-32)7-12-30-39-29(27-11-10-26(34)18-28(27)35)20-40(30)19-22-5-8-23(9-6-22)31(41)42/h2-15,17-18,20H,16,19H2,1H3,(H,41,42)/b12-7+. The number of aromatic nitrogens is 2. The molecule has 5 rings (SSSR count). The fourth-order valence-corrected chi connectivity index (χ4v) is 4.77. The molecule has 3 aromatic carbocycles. The Labute approximate surface area is 238 Å². The average molecular weight is 577 g/mol. The van der Waals surface area contributed by atoms with Gasteiger partial charge in [0.2, 0.25) is 0 Å². The van der Waals surface area contributed by atoms with Crippen LogP contribution in [0.5, 0.6) is 0 Å². The molecule has 0 aliphatic heterocycles. The maximum Gasteiger partial charge on any atom is 0.416 e. The van der Waals surface area contributed by atoms with Gasteiger partial charge >= 0.3 is 12.1 Å². The average Bonchev–Trinajstić information content (AvgIpc) is 3.34. The van der Waals surface area contributed by atoms with Crippen LogP contribution in [-0.4, -0.2) is 20.6 Å². The lowest BCUT2D eigenvalue weighted by Gasteiger charge is -2.29. The number of rotatable bonds is 7. The number of benzene rings is 3. The third-order valence-electron chi connectivity index (χ3n) is 7.25. The van der Waals surface area contributed by atoms with Crippen molar-refractivity contribution in [2.75, 3.05) is 0 Å². The van der Waals surface area contributed by atoms with Crippen LogP contribution in [0, 0.1) is 11.6 Å². The Kier molecular flexibility index (Phi) is 7.69. The van der Waals surface area contributed by atoms with Crippen LogP contribution in [0.4, 0.5) is 22.0 Å². The van der Waals surface area contributed by atoms with E-state index in [0.29, 0.717) is 30.0 Å². The second kappa shape index (κ2) is 11.2. The van der Waals surface area contributed by atoms with E-state index in [4.69, 9.17) is 0 Å². The summed E-state index contributed by atoms with van der Waals surface area (Å²) >= 11 is 0. The van der Waals surface area contributed by atoms with E-state index < -0.39 is 34.8 Å². The summed E-state index contributed by atoms with van der Waals surface area (Å²) in [4.78, 5) is 15.8. The molecule has 1 aliphatic rings. The van der Waals surface area contributed by atoms with E-state index in [1.807, 2.05) is 25.2 Å². The highest BCUT2D eigenvalue weighted by atomic mass is 19.4. The van der Waals surface area contributed by atoms with Gasteiger partial charge in [-0.3, -0.25) is 0 Å². The largest absolute Gasteiger partial charge is 0.478 e. The first-order valence-corrected chi connectivity index (χ1v) is 13.0. The van der Waals surface area contributed by atoms with E-state index in [9.17, 15) is 31.9 Å². The monoisotopic (exact) mass is 576 g/mol. The quantitative estimate of drug-likeness (QED) is 0.225. The second-order valence-electron chi connectivity index (χ2n) is 10.3. The summed E-state index contributed by atoms with van der Waals surface area (Å²) in [6.07, 6.45) is 6.85. The van der Waals surface area contributed by atoms with Crippen molar-refractivity contribution >= 4 is 12.0 Å². The molecule has 0 spiro atoms. The molecule has 9 heteroatoms. The van der Waals surface area contributed by atoms with Crippen LogP contribution < -0.4 is 0 Å². The Balaban J connectivity index is 1.42. The van der Waals surface area contributed by atoms with Crippen LogP contribution in [0.15, 0.2) is 103 Å². The molecule has 0 radical (unpaired) electrons. The molecule has 1 heterocycles. The van der Waals surface area contributed by atoms with Crippen molar-refractivity contribution in [1.29, 1.82) is 0 Å². The zero-order chi connectivity index (χ0) is 30.1. The summed E-state index contributed by atoms with van der Waals surface area (Å²) in [5.74, 6) is -2.04. The topological polar surface area (TPSA) is 55.1 Å². The van der Waals surface area contributed by atoms with Gasteiger partial charge in [-0.25, -0.2) is 18.6 Å². The summed E-state index contributed by atoms with van der Waals surface area (Å²) in [7, 11) is 0. The van der Waals surface area contributed by atoms with Gasteiger partial charge in [0.1, 0.15) is 17.5 Å². The predicted octanol–water partition coefficient (Wildman–Crippen LogP) is 8.45. The number of carbonyl (C=O) groups is 1. The summed E-state index contributed by atoms with van der Waals surface area (Å²) < 4.78 is 69.6. The van der Waals surface area contributed by atoms with Gasteiger partial charge in [-0.2, -0.15) is 13.2 Å². The molecule has 0 bridgehead atoms. The van der Waals surface area contributed by atoms with Gasteiger partial charge < -0.3 is 9.67 Å². The smallest absolute Gasteiger partial charge is 0.416 e. The van der Waals surface area contributed by atoms with Gasteiger partial charge in [0.15, 0.2) is 0 Å². The number of imidazole rings is 1. The highest BCUT2D eigenvalue weighted by Gasteiger charge is 2.33. The number of halogens is 5. The van der Waals surface area contributed by atoms with E-state index in [1.54, 1.807) is 41.1 Å². The third kappa shape index (κ3) is 6.25. The summed E-state index contributed by atoms with van der Waals surface area (Å²) in [5.41, 5.74) is 1.41. The SMILES string of the molecule is CC1(c2cccc(C(F)(F)F)c2)C=CC(/C=C/c2nc(-c3ccc(F)cc3F)cn2Cc2ccc(C(=O)O)cc2)=CC1. The number of carboxylic acids is 1. The van der Waals surface area contributed by atoms with Crippen molar-refractivity contribution in [3.05, 3.63) is 143 Å². The van der Waals surface area contributed by atoms with Gasteiger partial charge in [0.25, 0.3) is 0 Å². The second-order valence-corrected chi connectivity index (χ2v) is 10.3. The lowest BCUT2D eigenvalue weighted by atomic mass is 9.75. The predicted molar refractivity (Wildman–Crippen MR) is 150 cm³/mol. The molecule has 0 amide bonds. The highest BCUT2D eigenvalue weighted by Crippen LogP contribution is 2.37. The van der Waals surface area contributed by atoms with Crippen molar-refractivity contribution in [2.24, 2.45) is 0 Å². The molecule has 1 atom stereocenters. The maximum atomic E-state index is 14.6. The van der Waals surface area contributed by atoms with Crippen LogP contribution >= 0.6 is 0 Å². The summed E-state index contributed by atoms with van der Waals surface area (Å²) in [6.45, 7) is 2.18. The van der Waals surface area contributed by atoms with Gasteiger partial charge in [-0.1, -0.05) is 61.6 Å². The molecule has 1 aromatic heterocycles. The Morgan fingerprint density at radius 1 is 1.05 bits per heavy atom. The van der Waals surface area contributed by atoms with Crippen molar-refractivity contribution in [2.45, 2.75) is 31.5 Å². The Morgan fingerprint density at radius 2 is 1.81 bits per heavy atom. The fourth-order valence-electron chi connectivity index (χ4n) is 4.77. The first kappa shape index (κ1) is 28.7. The molecule has 1 aliphatic carbocycles. The molecular formula is C33H25F5N2O2. The number of nitrogens with zero attached hydrogens (tertiary/aromatic N) is 2. The Morgan fingerprint density at radius 3 is 2.45 bits per heavy atom. The first-order valence-electron chi connectivity index (χ1n) is 13.0. The van der Waals surface area contributed by atoms with Crippen molar-refractivity contribution in [3.63, 3.8) is 0 Å². The number of aromatic carboxylic acids is 1. The number of carboxylic acid groups (broad SMARTS) is 1. The van der Waals surface area contributed by atoms with E-state index in [0.717, 1.165) is 29.3 Å². The Hall–Kier alpha value is -4.79. The first-order chi connectivity index (χ1) is 19.9. The van der Waals surface area contributed by atoms with Crippen LogP contribution in [0.2, 0.25) is 0 Å². The van der Waals surface area contributed by atoms with E-state index >= 15 is 0 Å². The fraction of sp³-hybridized carbons (Fsp3) is 0.152. The molecular weight excluding hydrogens is 551 g/mol. The summed E-state index contributed by atoms with van der Waals surface area (Å²) in [5, 5.41) is 9.18. The molecule has 1 unspecified atom stereocenters. The molecule has 4 nitrogen and oxygen atoms in total. The number of hydrogen-bond acceptors (Lipinski definition) is 2. The van der Waals surface area contributed by atoms with Crippen molar-refractivity contribution < 1.29 is 31.9 Å². The normalized spacial score (nSPS) is 17.0. The molecule has 4 aromatic rings. The van der Waals surface area contributed by atoms with Gasteiger partial charge in [-0.15, -0.1) is 0 Å². The minimum absolute atomic E-state index is 0.125. The van der Waals surface area contributed by atoms with Gasteiger partial charge in [0.05, 0.1) is 16.8 Å². The van der Waals surface area contributed by atoms with Gasteiger partial charge in [-0.05, 0) is 59.5 Å². The lowest BCUT2D eigenvalue weighted by Crippen LogP contribution is -2.21. The number of alkyl halides is 3. The maximum absolute atomic E-state index is 14.6. The molecule has 0 fully saturated rings. The van der Waals surface area contributed by atoms with E-state index in [1.165, 1.54) is 30.3 Å². The van der Waals surface area contributed by atoms with Crippen LogP contribution in [0.3, 0.4) is 0 Å². The van der Waals surface area contributed by atoms with Crippen molar-refractivity contribution in [3.8, 4) is 11.3 Å². The van der Waals surface area contributed by atoms with Crippen LogP contribution in [0.25, 0.3) is 17.3 Å². The van der Waals surface area contributed by atoms with E-state index in [2.05, 4.69) is 4.98 Å². The molecule has 0 saturated heterocycles. The lowest BCUT2D eigenvalue weighted by molar-refractivity contribution is -0.137. The zero-order valence-electron chi connectivity index (χ0n) is 22.4. The van der Waals surface area contributed by atoms with Crippen LogP contribution in [0.1, 0.15) is 46.2 Å². The molecule has 214 valence electrons. The van der Waals surface area contributed by atoms with E-state index in [-0.39, 0.29) is 11.1 Å². The van der Waals surface area contributed by atoms with Gasteiger partial charge in [0, 0.05) is 29.8 Å². The van der Waals surface area contributed by atoms with Crippen LogP contribution in [-0.2, 0) is 18.1 Å². The number of allylic oxidation sites excluding steroid dienone is 5. The Bertz CT molecular complexity index is 1730. The molecule has 0 saturated carbocycles. The number of hydrogen-bond donors (Lipinski definition) is 1. The molecule has 42 heavy (non-hydrogen) atoms. The highest BCUT2D eigenvalue weighted by molar-refractivity contribution is 5.87. The zero-order valence-corrected chi connectivity index (χ0v) is 22.4. The minimum atomic E-state index is -4.43.